The highest BCUT2D eigenvalue weighted by Gasteiger charge is 2.53. The van der Waals surface area contributed by atoms with Gasteiger partial charge in [-0.05, 0) is 0 Å². The van der Waals surface area contributed by atoms with Crippen molar-refractivity contribution in [3.63, 3.8) is 0 Å². The molecule has 0 aromatic heterocycles. The lowest BCUT2D eigenvalue weighted by molar-refractivity contribution is -0.501. The molecule has 0 unspecified atom stereocenters. The maximum atomic E-state index is 11.4. The average Bonchev–Trinajstić information content (AvgIpc) is 2.42. The van der Waals surface area contributed by atoms with E-state index in [1.54, 1.807) is 0 Å². The molecular formula is C13H19NO10. The zero-order valence-corrected chi connectivity index (χ0v) is 13.6. The predicted octanol–water partition coefficient (Wildman–Crippen LogP) is -0.570. The fraction of sp³-hybridized carbons (Fsp3) is 0.769. The highest BCUT2D eigenvalue weighted by atomic mass is 16.7. The summed E-state index contributed by atoms with van der Waals surface area (Å²) in [5.74, 6) is -2.26. The first-order valence-electron chi connectivity index (χ1n) is 6.97. The SMILES string of the molecule is CO[C@H]1O[C@H](C[N+](=O)[O-])[C@@H](OC(C)=O)[C@H](OC(C)=O)[C@H]1OC(C)=O. The van der Waals surface area contributed by atoms with E-state index in [-0.39, 0.29) is 0 Å². The van der Waals surface area contributed by atoms with Crippen LogP contribution in [-0.4, -0.2) is 67.2 Å². The van der Waals surface area contributed by atoms with Crippen LogP contribution in [0.3, 0.4) is 0 Å². The van der Waals surface area contributed by atoms with Crippen molar-refractivity contribution in [1.29, 1.82) is 0 Å². The molecule has 0 N–H and O–H groups in total. The van der Waals surface area contributed by atoms with Gasteiger partial charge in [-0.3, -0.25) is 24.5 Å². The number of nitrogens with zero attached hydrogens (tertiary/aromatic N) is 1. The minimum absolute atomic E-state index is 0.676. The summed E-state index contributed by atoms with van der Waals surface area (Å²) >= 11 is 0. The van der Waals surface area contributed by atoms with E-state index in [9.17, 15) is 24.5 Å². The van der Waals surface area contributed by atoms with Crippen molar-refractivity contribution in [3.05, 3.63) is 10.1 Å². The van der Waals surface area contributed by atoms with E-state index in [1.165, 1.54) is 7.11 Å². The third-order valence-electron chi connectivity index (χ3n) is 3.06. The van der Waals surface area contributed by atoms with Crippen molar-refractivity contribution in [2.45, 2.75) is 51.5 Å². The van der Waals surface area contributed by atoms with Crippen molar-refractivity contribution < 1.29 is 43.0 Å². The smallest absolute Gasteiger partial charge is 0.303 e. The first-order chi connectivity index (χ1) is 11.1. The molecule has 5 atom stereocenters. The van der Waals surface area contributed by atoms with Crippen LogP contribution >= 0.6 is 0 Å². The highest BCUT2D eigenvalue weighted by molar-refractivity contribution is 5.68. The molecule has 0 aromatic carbocycles. The first kappa shape index (κ1) is 19.8. The molecule has 0 radical (unpaired) electrons. The summed E-state index contributed by atoms with van der Waals surface area (Å²) in [5.41, 5.74) is 0. The second-order valence-corrected chi connectivity index (χ2v) is 5.02. The number of hydrogen-bond donors (Lipinski definition) is 0. The third-order valence-corrected chi connectivity index (χ3v) is 3.06. The number of hydrogen-bond acceptors (Lipinski definition) is 10. The van der Waals surface area contributed by atoms with Crippen LogP contribution in [0.1, 0.15) is 20.8 Å². The van der Waals surface area contributed by atoms with Gasteiger partial charge in [0.05, 0.1) is 0 Å². The van der Waals surface area contributed by atoms with Crippen LogP contribution in [-0.2, 0) is 38.1 Å². The Kier molecular flexibility index (Phi) is 7.04. The molecule has 1 rings (SSSR count). The van der Waals surface area contributed by atoms with Crippen molar-refractivity contribution in [2.24, 2.45) is 0 Å². The molecule has 136 valence electrons. The summed E-state index contributed by atoms with van der Waals surface area (Å²) in [5, 5.41) is 10.8. The molecule has 11 nitrogen and oxygen atoms in total. The number of nitro groups is 1. The maximum absolute atomic E-state index is 11.4. The minimum atomic E-state index is -1.34. The molecule has 1 fully saturated rings. The Bertz CT molecular complexity index is 507. The summed E-state index contributed by atoms with van der Waals surface area (Å²) < 4.78 is 25.6. The van der Waals surface area contributed by atoms with Crippen LogP contribution in [0.5, 0.6) is 0 Å². The topological polar surface area (TPSA) is 141 Å². The number of methoxy groups -OCH3 is 1. The van der Waals surface area contributed by atoms with E-state index in [0.29, 0.717) is 0 Å². The molecule has 0 spiro atoms. The quantitative estimate of drug-likeness (QED) is 0.265. The van der Waals surface area contributed by atoms with Crippen molar-refractivity contribution in [3.8, 4) is 0 Å². The van der Waals surface area contributed by atoms with Gasteiger partial charge in [0.15, 0.2) is 30.7 Å². The summed E-state index contributed by atoms with van der Waals surface area (Å²) in [6.45, 7) is 2.55. The Hall–Kier alpha value is -2.27. The van der Waals surface area contributed by atoms with Gasteiger partial charge in [0.1, 0.15) is 0 Å². The molecule has 0 saturated carbocycles. The van der Waals surface area contributed by atoms with E-state index in [1.807, 2.05) is 0 Å². The highest BCUT2D eigenvalue weighted by Crippen LogP contribution is 2.29. The Morgan fingerprint density at radius 1 is 0.958 bits per heavy atom. The maximum Gasteiger partial charge on any atom is 0.303 e. The van der Waals surface area contributed by atoms with Gasteiger partial charge in [0, 0.05) is 32.8 Å². The molecule has 1 aliphatic rings. The minimum Gasteiger partial charge on any atom is -0.455 e. The number of esters is 3. The zero-order valence-electron chi connectivity index (χ0n) is 13.6. The first-order valence-corrected chi connectivity index (χ1v) is 6.97. The second-order valence-electron chi connectivity index (χ2n) is 5.02. The van der Waals surface area contributed by atoms with Gasteiger partial charge < -0.3 is 23.7 Å². The largest absolute Gasteiger partial charge is 0.455 e. The van der Waals surface area contributed by atoms with Crippen LogP contribution in [0.25, 0.3) is 0 Å². The van der Waals surface area contributed by atoms with Gasteiger partial charge in [0.25, 0.3) is 0 Å². The lowest BCUT2D eigenvalue weighted by Crippen LogP contribution is -2.63. The summed E-state index contributed by atoms with van der Waals surface area (Å²) in [7, 11) is 1.22. The number of carbonyl (C=O) groups excluding carboxylic acids is 3. The van der Waals surface area contributed by atoms with Crippen LogP contribution in [0.15, 0.2) is 0 Å². The van der Waals surface area contributed by atoms with Crippen molar-refractivity contribution in [1.82, 2.24) is 0 Å². The summed E-state index contributed by atoms with van der Waals surface area (Å²) in [6.07, 6.45) is -6.42. The Morgan fingerprint density at radius 2 is 1.42 bits per heavy atom. The molecule has 11 heteroatoms. The Morgan fingerprint density at radius 3 is 1.83 bits per heavy atom. The zero-order chi connectivity index (χ0) is 18.4. The molecular weight excluding hydrogens is 330 g/mol. The molecule has 0 bridgehead atoms. The molecule has 0 aromatic rings. The van der Waals surface area contributed by atoms with Gasteiger partial charge in [-0.15, -0.1) is 0 Å². The Balaban J connectivity index is 3.23. The fourth-order valence-corrected chi connectivity index (χ4v) is 2.34. The third kappa shape index (κ3) is 5.42. The van der Waals surface area contributed by atoms with Crippen LogP contribution in [0.4, 0.5) is 0 Å². The predicted molar refractivity (Wildman–Crippen MR) is 74.2 cm³/mol. The molecule has 1 heterocycles. The molecule has 0 aliphatic carbocycles. The van der Waals surface area contributed by atoms with E-state index < -0.39 is 60.1 Å². The van der Waals surface area contributed by atoms with Crippen molar-refractivity contribution in [2.75, 3.05) is 13.7 Å². The second kappa shape index (κ2) is 8.55. The number of ether oxygens (including phenoxy) is 5. The van der Waals surface area contributed by atoms with E-state index in [2.05, 4.69) is 0 Å². The Labute approximate surface area is 137 Å². The molecule has 24 heavy (non-hydrogen) atoms. The molecule has 1 aliphatic heterocycles. The standard InChI is InChI=1S/C13H19NO10/c1-6(15)21-10-9(5-14(18)19)24-13(20-4)12(23-8(3)17)11(10)22-7(2)16/h9-13H,5H2,1-4H3/t9-,10-,11+,12-,13+/m1/s1. The van der Waals surface area contributed by atoms with E-state index in [0.717, 1.165) is 20.8 Å². The monoisotopic (exact) mass is 349 g/mol. The summed E-state index contributed by atoms with van der Waals surface area (Å²) in [6, 6.07) is 0. The molecule has 0 amide bonds. The van der Waals surface area contributed by atoms with Gasteiger partial charge in [-0.1, -0.05) is 0 Å². The lowest BCUT2D eigenvalue weighted by Gasteiger charge is -2.42. The average molecular weight is 349 g/mol. The van der Waals surface area contributed by atoms with E-state index in [4.69, 9.17) is 23.7 Å². The fourth-order valence-electron chi connectivity index (χ4n) is 2.34. The normalized spacial score (nSPS) is 29.4. The van der Waals surface area contributed by atoms with Crippen LogP contribution in [0.2, 0.25) is 0 Å². The van der Waals surface area contributed by atoms with Crippen LogP contribution < -0.4 is 0 Å². The lowest BCUT2D eigenvalue weighted by atomic mass is 9.97. The van der Waals surface area contributed by atoms with E-state index >= 15 is 0 Å². The van der Waals surface area contributed by atoms with Crippen LogP contribution in [0, 0.1) is 10.1 Å². The van der Waals surface area contributed by atoms with Crippen molar-refractivity contribution >= 4 is 17.9 Å². The molecule has 1 saturated heterocycles. The van der Waals surface area contributed by atoms with Gasteiger partial charge in [-0.25, -0.2) is 0 Å². The number of rotatable bonds is 6. The summed E-state index contributed by atoms with van der Waals surface area (Å²) in [4.78, 5) is 44.2. The number of carbonyl (C=O) groups is 3. The van der Waals surface area contributed by atoms with Gasteiger partial charge in [-0.2, -0.15) is 0 Å². The van der Waals surface area contributed by atoms with Gasteiger partial charge in [0.2, 0.25) is 6.54 Å². The van der Waals surface area contributed by atoms with Gasteiger partial charge >= 0.3 is 17.9 Å².